The smallest absolute Gasteiger partial charge is 0.194 e. The molecule has 1 aliphatic rings. The summed E-state index contributed by atoms with van der Waals surface area (Å²) in [6, 6.07) is 13.7. The number of hydrogen-bond acceptors (Lipinski definition) is 3. The van der Waals surface area contributed by atoms with Crippen LogP contribution in [0.15, 0.2) is 47.4 Å². The predicted molar refractivity (Wildman–Crippen MR) is 90.9 cm³/mol. The van der Waals surface area contributed by atoms with Crippen LogP contribution in [0.25, 0.3) is 0 Å². The first-order valence-corrected chi connectivity index (χ1v) is 8.80. The standard InChI is InChI=1S/C19H20O2S/c1-2-3-6-11-21-15-9-10-16-14(12-15)13-22-18-8-5-4-7-17(18)19(16)20/h4-5,7-10,12H,2-3,6,11,13H2,1H3. The number of carbonyl (C=O) groups excluding carboxylic acids is 1. The SMILES string of the molecule is CCCCCOc1ccc2c(c1)CSc1ccccc1C2=O. The first kappa shape index (κ1) is 15.2. The molecule has 3 heteroatoms. The molecule has 114 valence electrons. The number of carbonyl (C=O) groups is 1. The third-order valence-electron chi connectivity index (χ3n) is 3.85. The van der Waals surface area contributed by atoms with Crippen LogP contribution in [0, 0.1) is 0 Å². The summed E-state index contributed by atoms with van der Waals surface area (Å²) >= 11 is 1.72. The second-order valence-electron chi connectivity index (χ2n) is 5.49. The summed E-state index contributed by atoms with van der Waals surface area (Å²) in [5.74, 6) is 1.80. The zero-order valence-corrected chi connectivity index (χ0v) is 13.6. The Kier molecular flexibility index (Phi) is 4.84. The van der Waals surface area contributed by atoms with E-state index in [0.29, 0.717) is 0 Å². The van der Waals surface area contributed by atoms with E-state index in [2.05, 4.69) is 6.92 Å². The quantitative estimate of drug-likeness (QED) is 0.719. The van der Waals surface area contributed by atoms with E-state index >= 15 is 0 Å². The van der Waals surface area contributed by atoms with E-state index in [1.807, 2.05) is 42.5 Å². The van der Waals surface area contributed by atoms with Crippen LogP contribution in [-0.4, -0.2) is 12.4 Å². The highest BCUT2D eigenvalue weighted by atomic mass is 32.2. The van der Waals surface area contributed by atoms with Gasteiger partial charge in [0.05, 0.1) is 6.61 Å². The van der Waals surface area contributed by atoms with Gasteiger partial charge >= 0.3 is 0 Å². The normalized spacial score (nSPS) is 13.2. The molecule has 2 aromatic carbocycles. The first-order valence-electron chi connectivity index (χ1n) is 7.82. The van der Waals surface area contributed by atoms with Gasteiger partial charge in [-0.2, -0.15) is 0 Å². The van der Waals surface area contributed by atoms with E-state index < -0.39 is 0 Å². The van der Waals surface area contributed by atoms with Gasteiger partial charge < -0.3 is 4.74 Å². The number of rotatable bonds is 5. The number of ether oxygens (including phenoxy) is 1. The Labute approximate surface area is 135 Å². The van der Waals surface area contributed by atoms with Crippen molar-refractivity contribution in [3.8, 4) is 5.75 Å². The van der Waals surface area contributed by atoms with Gasteiger partial charge in [0.15, 0.2) is 5.78 Å². The van der Waals surface area contributed by atoms with Crippen LogP contribution in [0.1, 0.15) is 47.7 Å². The molecule has 3 rings (SSSR count). The zero-order valence-electron chi connectivity index (χ0n) is 12.8. The number of fused-ring (bicyclic) bond motifs is 2. The molecule has 0 aliphatic carbocycles. The fourth-order valence-corrected chi connectivity index (χ4v) is 3.66. The minimum atomic E-state index is 0.119. The van der Waals surface area contributed by atoms with Crippen molar-refractivity contribution >= 4 is 17.5 Å². The van der Waals surface area contributed by atoms with Crippen LogP contribution in [0.5, 0.6) is 5.75 Å². The third kappa shape index (κ3) is 3.20. The summed E-state index contributed by atoms with van der Waals surface area (Å²) in [4.78, 5) is 13.7. The fourth-order valence-electron chi connectivity index (χ4n) is 2.62. The molecule has 0 amide bonds. The molecule has 1 aliphatic heterocycles. The largest absolute Gasteiger partial charge is 0.494 e. The minimum Gasteiger partial charge on any atom is -0.494 e. The molecule has 2 aromatic rings. The maximum atomic E-state index is 12.7. The molecule has 0 aromatic heterocycles. The maximum absolute atomic E-state index is 12.7. The van der Waals surface area contributed by atoms with E-state index in [1.54, 1.807) is 11.8 Å². The lowest BCUT2D eigenvalue weighted by Gasteiger charge is -2.09. The van der Waals surface area contributed by atoms with Gasteiger partial charge in [0.2, 0.25) is 0 Å². The zero-order chi connectivity index (χ0) is 15.4. The van der Waals surface area contributed by atoms with Crippen LogP contribution in [0.4, 0.5) is 0 Å². The number of benzene rings is 2. The Morgan fingerprint density at radius 1 is 1.09 bits per heavy atom. The van der Waals surface area contributed by atoms with E-state index in [4.69, 9.17) is 4.74 Å². The number of unbranched alkanes of at least 4 members (excludes halogenated alkanes) is 2. The third-order valence-corrected chi connectivity index (χ3v) is 4.98. The topological polar surface area (TPSA) is 26.3 Å². The Morgan fingerprint density at radius 3 is 2.82 bits per heavy atom. The van der Waals surface area contributed by atoms with Gasteiger partial charge in [-0.25, -0.2) is 0 Å². The molecule has 0 saturated carbocycles. The minimum absolute atomic E-state index is 0.119. The fraction of sp³-hybridized carbons (Fsp3) is 0.316. The second-order valence-corrected chi connectivity index (χ2v) is 6.51. The van der Waals surface area contributed by atoms with Crippen molar-refractivity contribution in [2.24, 2.45) is 0 Å². The molecule has 0 fully saturated rings. The lowest BCUT2D eigenvalue weighted by molar-refractivity contribution is 0.103. The molecule has 1 heterocycles. The summed E-state index contributed by atoms with van der Waals surface area (Å²) in [6.45, 7) is 2.93. The van der Waals surface area contributed by atoms with E-state index in [1.165, 1.54) is 12.8 Å². The molecule has 2 nitrogen and oxygen atoms in total. The van der Waals surface area contributed by atoms with Gasteiger partial charge in [0.25, 0.3) is 0 Å². The second kappa shape index (κ2) is 7.01. The molecule has 0 atom stereocenters. The van der Waals surface area contributed by atoms with Crippen LogP contribution < -0.4 is 4.74 Å². The monoisotopic (exact) mass is 312 g/mol. The van der Waals surface area contributed by atoms with E-state index in [-0.39, 0.29) is 5.78 Å². The molecule has 0 bridgehead atoms. The van der Waals surface area contributed by atoms with Crippen molar-refractivity contribution in [1.29, 1.82) is 0 Å². The van der Waals surface area contributed by atoms with Gasteiger partial charge in [-0.1, -0.05) is 31.9 Å². The maximum Gasteiger partial charge on any atom is 0.194 e. The summed E-state index contributed by atoms with van der Waals surface area (Å²) in [7, 11) is 0. The molecule has 0 unspecified atom stereocenters. The summed E-state index contributed by atoms with van der Waals surface area (Å²) in [5, 5.41) is 0. The van der Waals surface area contributed by atoms with Crippen LogP contribution in [-0.2, 0) is 5.75 Å². The van der Waals surface area contributed by atoms with Crippen molar-refractivity contribution in [1.82, 2.24) is 0 Å². The van der Waals surface area contributed by atoms with Crippen molar-refractivity contribution in [3.05, 3.63) is 59.2 Å². The molecule has 0 radical (unpaired) electrons. The first-order chi connectivity index (χ1) is 10.8. The van der Waals surface area contributed by atoms with Crippen LogP contribution >= 0.6 is 11.8 Å². The Hall–Kier alpha value is -1.74. The molecule has 0 saturated heterocycles. The van der Waals surface area contributed by atoms with Crippen molar-refractivity contribution < 1.29 is 9.53 Å². The highest BCUT2D eigenvalue weighted by Gasteiger charge is 2.21. The molecular weight excluding hydrogens is 292 g/mol. The van der Waals surface area contributed by atoms with Crippen LogP contribution in [0.2, 0.25) is 0 Å². The Bertz CT molecular complexity index is 679. The Balaban J connectivity index is 1.81. The van der Waals surface area contributed by atoms with E-state index in [0.717, 1.165) is 46.1 Å². The lowest BCUT2D eigenvalue weighted by Crippen LogP contribution is -2.04. The highest BCUT2D eigenvalue weighted by Crippen LogP contribution is 2.35. The van der Waals surface area contributed by atoms with Crippen molar-refractivity contribution in [2.75, 3.05) is 6.61 Å². The molecule has 0 N–H and O–H groups in total. The van der Waals surface area contributed by atoms with Crippen molar-refractivity contribution in [2.45, 2.75) is 36.8 Å². The van der Waals surface area contributed by atoms with Crippen LogP contribution in [0.3, 0.4) is 0 Å². The van der Waals surface area contributed by atoms with Gasteiger partial charge in [-0.3, -0.25) is 4.79 Å². The average Bonchev–Trinajstić information content (AvgIpc) is 2.69. The summed E-state index contributed by atoms with van der Waals surface area (Å²) in [6.07, 6.45) is 3.46. The Morgan fingerprint density at radius 2 is 1.95 bits per heavy atom. The average molecular weight is 312 g/mol. The van der Waals surface area contributed by atoms with Gasteiger partial charge in [0, 0.05) is 21.8 Å². The molecule has 0 spiro atoms. The van der Waals surface area contributed by atoms with Gasteiger partial charge in [-0.05, 0) is 42.3 Å². The number of ketones is 1. The number of thioether (sulfide) groups is 1. The summed E-state index contributed by atoms with van der Waals surface area (Å²) in [5.41, 5.74) is 2.68. The molecule has 22 heavy (non-hydrogen) atoms. The van der Waals surface area contributed by atoms with E-state index in [9.17, 15) is 4.79 Å². The predicted octanol–water partition coefficient (Wildman–Crippen LogP) is 5.09. The lowest BCUT2D eigenvalue weighted by atomic mass is 9.99. The number of hydrogen-bond donors (Lipinski definition) is 0. The van der Waals surface area contributed by atoms with Gasteiger partial charge in [0.1, 0.15) is 5.75 Å². The highest BCUT2D eigenvalue weighted by molar-refractivity contribution is 7.98. The molecular formula is C19H20O2S. The van der Waals surface area contributed by atoms with Crippen molar-refractivity contribution in [3.63, 3.8) is 0 Å². The van der Waals surface area contributed by atoms with Gasteiger partial charge in [-0.15, -0.1) is 11.8 Å². The summed E-state index contributed by atoms with van der Waals surface area (Å²) < 4.78 is 5.81.